The molecule has 0 aliphatic rings. The summed E-state index contributed by atoms with van der Waals surface area (Å²) in [5.41, 5.74) is 6.86. The van der Waals surface area contributed by atoms with Crippen molar-refractivity contribution < 1.29 is 18.7 Å². The van der Waals surface area contributed by atoms with Gasteiger partial charge in [-0.3, -0.25) is 0 Å². The number of carbonyl (C=O) groups excluding carboxylic acids is 1. The molecule has 128 valence electrons. The SMILES string of the molecule is COC(=O)Oc1cc(Nc2nc(N)nc3ccccc23)c(F)cc1C. The summed E-state index contributed by atoms with van der Waals surface area (Å²) in [5, 5.41) is 3.55. The van der Waals surface area contributed by atoms with Gasteiger partial charge in [-0.2, -0.15) is 4.98 Å². The molecule has 2 aromatic carbocycles. The van der Waals surface area contributed by atoms with E-state index in [0.29, 0.717) is 22.3 Å². The van der Waals surface area contributed by atoms with E-state index in [1.807, 2.05) is 12.1 Å². The van der Waals surface area contributed by atoms with Gasteiger partial charge in [-0.15, -0.1) is 0 Å². The first-order valence-electron chi connectivity index (χ1n) is 7.33. The number of para-hydroxylation sites is 1. The number of nitrogens with one attached hydrogen (secondary N) is 1. The lowest BCUT2D eigenvalue weighted by atomic mass is 10.2. The Balaban J connectivity index is 2.03. The number of carbonyl (C=O) groups is 1. The molecule has 1 heterocycles. The van der Waals surface area contributed by atoms with E-state index in [2.05, 4.69) is 20.0 Å². The number of nitrogens with two attached hydrogens (primary N) is 1. The zero-order valence-electron chi connectivity index (χ0n) is 13.5. The zero-order valence-corrected chi connectivity index (χ0v) is 13.5. The highest BCUT2D eigenvalue weighted by Gasteiger charge is 2.14. The molecule has 3 N–H and O–H groups in total. The predicted octanol–water partition coefficient (Wildman–Crippen LogP) is 3.55. The van der Waals surface area contributed by atoms with Gasteiger partial charge in [-0.1, -0.05) is 12.1 Å². The van der Waals surface area contributed by atoms with E-state index >= 15 is 0 Å². The normalized spacial score (nSPS) is 10.5. The van der Waals surface area contributed by atoms with E-state index in [4.69, 9.17) is 10.5 Å². The van der Waals surface area contributed by atoms with Crippen LogP contribution in [0.4, 0.5) is 26.6 Å². The Hall–Kier alpha value is -3.42. The number of aromatic nitrogens is 2. The van der Waals surface area contributed by atoms with Crippen LogP contribution in [0.5, 0.6) is 5.75 Å². The summed E-state index contributed by atoms with van der Waals surface area (Å²) in [7, 11) is 1.19. The molecule has 1 aromatic heterocycles. The molecule has 0 aliphatic heterocycles. The Kier molecular flexibility index (Phi) is 4.34. The molecule has 8 heteroatoms. The topological polar surface area (TPSA) is 99.4 Å². The van der Waals surface area contributed by atoms with E-state index in [-0.39, 0.29) is 17.4 Å². The summed E-state index contributed by atoms with van der Waals surface area (Å²) in [6, 6.07) is 9.78. The maximum atomic E-state index is 14.3. The summed E-state index contributed by atoms with van der Waals surface area (Å²) < 4.78 is 23.8. The molecule has 0 atom stereocenters. The van der Waals surface area contributed by atoms with Crippen LogP contribution in [0.25, 0.3) is 10.9 Å². The molecule has 7 nitrogen and oxygen atoms in total. The average molecular weight is 342 g/mol. The molecular formula is C17H15FN4O3. The van der Waals surface area contributed by atoms with E-state index in [9.17, 15) is 9.18 Å². The number of rotatable bonds is 3. The van der Waals surface area contributed by atoms with Crippen molar-refractivity contribution in [3.8, 4) is 5.75 Å². The second kappa shape index (κ2) is 6.60. The van der Waals surface area contributed by atoms with Gasteiger partial charge in [-0.25, -0.2) is 14.2 Å². The lowest BCUT2D eigenvalue weighted by molar-refractivity contribution is 0.121. The zero-order chi connectivity index (χ0) is 18.0. The molecule has 0 saturated heterocycles. The number of aryl methyl sites for hydroxylation is 1. The summed E-state index contributed by atoms with van der Waals surface area (Å²) in [5.74, 6) is 0.0349. The number of ether oxygens (including phenoxy) is 2. The van der Waals surface area contributed by atoms with Gasteiger partial charge in [0.1, 0.15) is 17.4 Å². The van der Waals surface area contributed by atoms with Crippen LogP contribution in [0.2, 0.25) is 0 Å². The molecule has 0 aliphatic carbocycles. The van der Waals surface area contributed by atoms with Gasteiger partial charge < -0.3 is 20.5 Å². The number of nitrogens with zero attached hydrogens (tertiary/aromatic N) is 2. The number of methoxy groups -OCH3 is 1. The van der Waals surface area contributed by atoms with Crippen molar-refractivity contribution in [3.63, 3.8) is 0 Å². The third-order valence-electron chi connectivity index (χ3n) is 3.50. The van der Waals surface area contributed by atoms with Gasteiger partial charge in [0.15, 0.2) is 0 Å². The molecule has 0 fully saturated rings. The number of nitrogen functional groups attached to an aromatic ring is 1. The van der Waals surface area contributed by atoms with Crippen LogP contribution in [0.3, 0.4) is 0 Å². The van der Waals surface area contributed by atoms with E-state index in [1.54, 1.807) is 19.1 Å². The second-order valence-corrected chi connectivity index (χ2v) is 5.23. The van der Waals surface area contributed by atoms with Gasteiger partial charge >= 0.3 is 6.16 Å². The Morgan fingerprint density at radius 3 is 2.76 bits per heavy atom. The molecule has 25 heavy (non-hydrogen) atoms. The summed E-state index contributed by atoms with van der Waals surface area (Å²) in [6.07, 6.45) is -0.891. The largest absolute Gasteiger partial charge is 0.513 e. The van der Waals surface area contributed by atoms with Gasteiger partial charge in [0.2, 0.25) is 5.95 Å². The van der Waals surface area contributed by atoms with Gasteiger partial charge in [-0.05, 0) is 30.7 Å². The van der Waals surface area contributed by atoms with Gasteiger partial charge in [0.25, 0.3) is 0 Å². The molecule has 3 rings (SSSR count). The maximum absolute atomic E-state index is 14.3. The lowest BCUT2D eigenvalue weighted by Crippen LogP contribution is -2.09. The Bertz CT molecular complexity index is 962. The van der Waals surface area contributed by atoms with Crippen molar-refractivity contribution in [2.45, 2.75) is 6.92 Å². The van der Waals surface area contributed by atoms with Gasteiger partial charge in [0, 0.05) is 11.5 Å². The lowest BCUT2D eigenvalue weighted by Gasteiger charge is -2.13. The summed E-state index contributed by atoms with van der Waals surface area (Å²) in [4.78, 5) is 19.6. The third kappa shape index (κ3) is 3.42. The number of benzene rings is 2. The molecule has 0 saturated carbocycles. The highest BCUT2D eigenvalue weighted by atomic mass is 19.1. The van der Waals surface area contributed by atoms with Crippen LogP contribution in [-0.4, -0.2) is 23.2 Å². The molecule has 3 aromatic rings. The van der Waals surface area contributed by atoms with Crippen LogP contribution in [0.15, 0.2) is 36.4 Å². The third-order valence-corrected chi connectivity index (χ3v) is 3.50. The average Bonchev–Trinajstić information content (AvgIpc) is 2.58. The summed E-state index contributed by atoms with van der Waals surface area (Å²) in [6.45, 7) is 1.61. The van der Waals surface area contributed by atoms with E-state index < -0.39 is 12.0 Å². The Labute approximate surface area is 142 Å². The van der Waals surface area contributed by atoms with E-state index in [0.717, 1.165) is 0 Å². The number of anilines is 3. The highest BCUT2D eigenvalue weighted by molar-refractivity contribution is 5.91. The fraction of sp³-hybridized carbons (Fsp3) is 0.118. The molecule has 0 spiro atoms. The van der Waals surface area contributed by atoms with Crippen molar-refractivity contribution in [2.24, 2.45) is 0 Å². The molecule has 0 bridgehead atoms. The number of fused-ring (bicyclic) bond motifs is 1. The molecule has 0 amide bonds. The smallest absolute Gasteiger partial charge is 0.437 e. The van der Waals surface area contributed by atoms with Crippen molar-refractivity contribution in [3.05, 3.63) is 47.8 Å². The standard InChI is InChI=1S/C17H15FN4O3/c1-9-7-11(18)13(8-14(9)25-17(23)24-2)20-15-10-5-3-4-6-12(10)21-16(19)22-15/h3-8H,1-2H3,(H3,19,20,21,22). The van der Waals surface area contributed by atoms with Crippen LogP contribution in [0.1, 0.15) is 5.56 Å². The van der Waals surface area contributed by atoms with Crippen LogP contribution < -0.4 is 15.8 Å². The number of halogens is 1. The first-order valence-corrected chi connectivity index (χ1v) is 7.33. The van der Waals surface area contributed by atoms with Crippen molar-refractivity contribution in [1.82, 2.24) is 9.97 Å². The first kappa shape index (κ1) is 16.4. The number of hydrogen-bond acceptors (Lipinski definition) is 7. The van der Waals surface area contributed by atoms with Crippen LogP contribution in [-0.2, 0) is 4.74 Å². The second-order valence-electron chi connectivity index (χ2n) is 5.23. The summed E-state index contributed by atoms with van der Waals surface area (Å²) >= 11 is 0. The minimum atomic E-state index is -0.891. The van der Waals surface area contributed by atoms with Crippen molar-refractivity contribution in [2.75, 3.05) is 18.2 Å². The molecule has 0 radical (unpaired) electrons. The maximum Gasteiger partial charge on any atom is 0.513 e. The first-order chi connectivity index (χ1) is 12.0. The fourth-order valence-corrected chi connectivity index (χ4v) is 2.31. The monoisotopic (exact) mass is 342 g/mol. The van der Waals surface area contributed by atoms with E-state index in [1.165, 1.54) is 19.2 Å². The minimum Gasteiger partial charge on any atom is -0.437 e. The quantitative estimate of drug-likeness (QED) is 0.554. The highest BCUT2D eigenvalue weighted by Crippen LogP contribution is 2.30. The predicted molar refractivity (Wildman–Crippen MR) is 91.4 cm³/mol. The Morgan fingerprint density at radius 2 is 2.00 bits per heavy atom. The van der Waals surface area contributed by atoms with Crippen LogP contribution >= 0.6 is 0 Å². The number of hydrogen-bond donors (Lipinski definition) is 2. The van der Waals surface area contributed by atoms with Crippen LogP contribution in [0, 0.1) is 12.7 Å². The Morgan fingerprint density at radius 1 is 1.24 bits per heavy atom. The van der Waals surface area contributed by atoms with Crippen molar-refractivity contribution in [1.29, 1.82) is 0 Å². The van der Waals surface area contributed by atoms with Gasteiger partial charge in [0.05, 0.1) is 18.3 Å². The van der Waals surface area contributed by atoms with Crippen molar-refractivity contribution >= 4 is 34.5 Å². The molecular weight excluding hydrogens is 327 g/mol. The molecule has 0 unspecified atom stereocenters. The minimum absolute atomic E-state index is 0.0553. The fourth-order valence-electron chi connectivity index (χ4n) is 2.31.